The summed E-state index contributed by atoms with van der Waals surface area (Å²) < 4.78 is 25.4. The van der Waals surface area contributed by atoms with E-state index >= 15 is 0 Å². The lowest BCUT2D eigenvalue weighted by Gasteiger charge is -2.26. The molecule has 1 aromatic heterocycles. The summed E-state index contributed by atoms with van der Waals surface area (Å²) in [6.07, 6.45) is 2.59. The number of halogens is 1. The van der Waals surface area contributed by atoms with Crippen LogP contribution in [0.4, 0.5) is 4.39 Å². The molecule has 0 N–H and O–H groups in total. The highest BCUT2D eigenvalue weighted by Crippen LogP contribution is 2.40. The fraction of sp³-hybridized carbons (Fsp3) is 0.455. The van der Waals surface area contributed by atoms with Crippen molar-refractivity contribution in [2.24, 2.45) is 0 Å². The summed E-state index contributed by atoms with van der Waals surface area (Å²) in [5.41, 5.74) is 1.18. The normalized spacial score (nSPS) is 13.6. The smallest absolute Gasteiger partial charge is 0.359 e. The maximum Gasteiger partial charge on any atom is 0.359 e. The van der Waals surface area contributed by atoms with Gasteiger partial charge in [0.1, 0.15) is 12.4 Å². The first-order valence-corrected chi connectivity index (χ1v) is 10.1. The van der Waals surface area contributed by atoms with Crippen LogP contribution >= 0.6 is 0 Å². The van der Waals surface area contributed by atoms with Crippen LogP contribution < -0.4 is 0 Å². The van der Waals surface area contributed by atoms with E-state index in [4.69, 9.17) is 9.47 Å². The molecule has 0 atom stereocenters. The minimum Gasteiger partial charge on any atom is -0.461 e. The lowest BCUT2D eigenvalue weighted by Crippen LogP contribution is -2.21. The molecule has 1 aliphatic carbocycles. The van der Waals surface area contributed by atoms with Crippen LogP contribution in [-0.4, -0.2) is 40.7 Å². The first-order valence-electron chi connectivity index (χ1n) is 10.1. The predicted molar refractivity (Wildman–Crippen MR) is 106 cm³/mol. The minimum atomic E-state index is -0.648. The van der Waals surface area contributed by atoms with E-state index in [0.29, 0.717) is 11.1 Å². The van der Waals surface area contributed by atoms with Crippen LogP contribution in [0.5, 0.6) is 0 Å². The third kappa shape index (κ3) is 4.27. The predicted octanol–water partition coefficient (Wildman–Crippen LogP) is 3.83. The Morgan fingerprint density at radius 2 is 1.80 bits per heavy atom. The Kier molecular flexibility index (Phi) is 6.64. The molecule has 1 aliphatic rings. The molecule has 0 aliphatic heterocycles. The van der Waals surface area contributed by atoms with Crippen LogP contribution in [0.3, 0.4) is 0 Å². The van der Waals surface area contributed by atoms with Crippen molar-refractivity contribution in [2.45, 2.75) is 52.5 Å². The third-order valence-electron chi connectivity index (χ3n) is 5.23. The summed E-state index contributed by atoms with van der Waals surface area (Å²) in [6, 6.07) is 4.19. The van der Waals surface area contributed by atoms with Crippen molar-refractivity contribution in [1.82, 2.24) is 9.78 Å². The molecular formula is C22H25FN2O5. The van der Waals surface area contributed by atoms with Crippen molar-refractivity contribution in [3.63, 3.8) is 0 Å². The Morgan fingerprint density at radius 3 is 2.37 bits per heavy atom. The van der Waals surface area contributed by atoms with Crippen LogP contribution in [-0.2, 0) is 16.0 Å². The van der Waals surface area contributed by atoms with Gasteiger partial charge in [-0.3, -0.25) is 4.79 Å². The molecule has 0 radical (unpaired) electrons. The van der Waals surface area contributed by atoms with Gasteiger partial charge in [-0.25, -0.2) is 18.7 Å². The number of esters is 2. The first kappa shape index (κ1) is 21.7. The molecule has 1 heterocycles. The second-order valence-corrected chi connectivity index (χ2v) is 7.22. The lowest BCUT2D eigenvalue weighted by atomic mass is 9.78. The summed E-state index contributed by atoms with van der Waals surface area (Å²) in [6.45, 7) is 4.93. The van der Waals surface area contributed by atoms with Crippen molar-refractivity contribution in [3.8, 4) is 0 Å². The van der Waals surface area contributed by atoms with Crippen LogP contribution in [0.25, 0.3) is 0 Å². The maximum absolute atomic E-state index is 13.9. The topological polar surface area (TPSA) is 87.5 Å². The average molecular weight is 416 g/mol. The monoisotopic (exact) mass is 416 g/mol. The number of aryl methyl sites for hydroxylation is 1. The zero-order valence-corrected chi connectivity index (χ0v) is 17.4. The Morgan fingerprint density at radius 1 is 1.13 bits per heavy atom. The molecule has 0 amide bonds. The van der Waals surface area contributed by atoms with Crippen molar-refractivity contribution >= 4 is 17.7 Å². The number of hydrogen-bond acceptors (Lipinski definition) is 6. The number of carbonyl (C=O) groups is 3. The van der Waals surface area contributed by atoms with Gasteiger partial charge in [-0.1, -0.05) is 18.6 Å². The molecule has 1 saturated carbocycles. The minimum absolute atomic E-state index is 0.0236. The van der Waals surface area contributed by atoms with Gasteiger partial charge in [0.25, 0.3) is 0 Å². The summed E-state index contributed by atoms with van der Waals surface area (Å²) >= 11 is 0. The SMILES string of the molecule is CCOC(=O)c1nn(CC(=O)c2ccc(C)c(F)c2)c(C(=O)OCC)c1C1CCC1. The van der Waals surface area contributed by atoms with E-state index < -0.39 is 23.5 Å². The summed E-state index contributed by atoms with van der Waals surface area (Å²) in [7, 11) is 0. The molecule has 0 unspecified atom stereocenters. The number of carbonyl (C=O) groups excluding carboxylic acids is 3. The number of Topliss-reactive ketones (excluding diaryl/α,β-unsaturated/α-hetero) is 1. The zero-order valence-electron chi connectivity index (χ0n) is 17.4. The fourth-order valence-electron chi connectivity index (χ4n) is 3.43. The van der Waals surface area contributed by atoms with Crippen LogP contribution in [0, 0.1) is 12.7 Å². The molecule has 0 bridgehead atoms. The third-order valence-corrected chi connectivity index (χ3v) is 5.23. The fourth-order valence-corrected chi connectivity index (χ4v) is 3.43. The molecular weight excluding hydrogens is 391 g/mol. The molecule has 8 heteroatoms. The van der Waals surface area contributed by atoms with E-state index in [2.05, 4.69) is 5.10 Å². The van der Waals surface area contributed by atoms with Gasteiger partial charge in [0, 0.05) is 11.1 Å². The van der Waals surface area contributed by atoms with Gasteiger partial charge in [-0.05, 0) is 51.2 Å². The Bertz CT molecular complexity index is 978. The molecule has 3 rings (SSSR count). The Hall–Kier alpha value is -3.03. The molecule has 0 saturated heterocycles. The molecule has 2 aromatic rings. The number of hydrogen-bond donors (Lipinski definition) is 0. The Labute approximate surface area is 174 Å². The zero-order chi connectivity index (χ0) is 21.8. The summed E-state index contributed by atoms with van der Waals surface area (Å²) in [5, 5.41) is 4.27. The maximum atomic E-state index is 13.9. The highest BCUT2D eigenvalue weighted by molar-refractivity contribution is 5.99. The lowest BCUT2D eigenvalue weighted by molar-refractivity contribution is 0.0505. The summed E-state index contributed by atoms with van der Waals surface area (Å²) in [4.78, 5) is 38.0. The van der Waals surface area contributed by atoms with Crippen molar-refractivity contribution in [1.29, 1.82) is 0 Å². The van der Waals surface area contributed by atoms with Crippen molar-refractivity contribution < 1.29 is 28.2 Å². The van der Waals surface area contributed by atoms with Crippen LogP contribution in [0.15, 0.2) is 18.2 Å². The molecule has 30 heavy (non-hydrogen) atoms. The number of benzene rings is 1. The van der Waals surface area contributed by atoms with Crippen molar-refractivity contribution in [2.75, 3.05) is 13.2 Å². The van der Waals surface area contributed by atoms with E-state index in [1.54, 1.807) is 20.8 Å². The van der Waals surface area contributed by atoms with Gasteiger partial charge < -0.3 is 9.47 Å². The summed E-state index contributed by atoms with van der Waals surface area (Å²) in [5.74, 6) is -2.24. The van der Waals surface area contributed by atoms with Gasteiger partial charge >= 0.3 is 11.9 Å². The molecule has 7 nitrogen and oxygen atoms in total. The number of aromatic nitrogens is 2. The number of rotatable bonds is 8. The first-order chi connectivity index (χ1) is 14.4. The molecule has 1 aromatic carbocycles. The second kappa shape index (κ2) is 9.19. The van der Waals surface area contributed by atoms with Gasteiger partial charge in [0.15, 0.2) is 17.2 Å². The molecule has 0 spiro atoms. The quantitative estimate of drug-likeness (QED) is 0.480. The van der Waals surface area contributed by atoms with Gasteiger partial charge in [-0.15, -0.1) is 0 Å². The Balaban J connectivity index is 2.05. The van der Waals surface area contributed by atoms with E-state index in [1.807, 2.05) is 0 Å². The van der Waals surface area contributed by atoms with Crippen molar-refractivity contribution in [3.05, 3.63) is 52.1 Å². The van der Waals surface area contributed by atoms with Gasteiger partial charge in [0.05, 0.1) is 13.2 Å². The van der Waals surface area contributed by atoms with E-state index in [-0.39, 0.29) is 42.6 Å². The second-order valence-electron chi connectivity index (χ2n) is 7.22. The van der Waals surface area contributed by atoms with Crippen LogP contribution in [0.1, 0.15) is 81.5 Å². The number of nitrogens with zero attached hydrogens (tertiary/aromatic N) is 2. The van der Waals surface area contributed by atoms with E-state index in [1.165, 1.54) is 16.8 Å². The standard InChI is InChI=1S/C22H25FN2O5/c1-4-29-21(27)19-18(14-7-6-8-14)20(22(28)30-5-2)25(24-19)12-17(26)15-10-9-13(3)16(23)11-15/h9-11,14H,4-8,12H2,1-3H3. The highest BCUT2D eigenvalue weighted by Gasteiger charge is 2.36. The number of ether oxygens (including phenoxy) is 2. The largest absolute Gasteiger partial charge is 0.461 e. The average Bonchev–Trinajstić information content (AvgIpc) is 3.01. The van der Waals surface area contributed by atoms with Gasteiger partial charge in [-0.2, -0.15) is 5.10 Å². The molecule has 160 valence electrons. The number of ketones is 1. The van der Waals surface area contributed by atoms with E-state index in [0.717, 1.165) is 25.3 Å². The van der Waals surface area contributed by atoms with E-state index in [9.17, 15) is 18.8 Å². The highest BCUT2D eigenvalue weighted by atomic mass is 19.1. The molecule has 1 fully saturated rings. The van der Waals surface area contributed by atoms with Crippen LogP contribution in [0.2, 0.25) is 0 Å². The van der Waals surface area contributed by atoms with Gasteiger partial charge in [0.2, 0.25) is 0 Å².